The van der Waals surface area contributed by atoms with Gasteiger partial charge in [-0.3, -0.25) is 0 Å². The number of fused-ring (bicyclic) bond motifs is 1. The molecule has 1 aliphatic heterocycles. The van der Waals surface area contributed by atoms with E-state index in [1.54, 1.807) is 0 Å². The molecule has 0 saturated heterocycles. The van der Waals surface area contributed by atoms with Gasteiger partial charge in [0, 0.05) is 11.0 Å². The molecule has 116 valence electrons. The third-order valence-electron chi connectivity index (χ3n) is 3.22. The molecule has 1 N–H and O–H groups in total. The van der Waals surface area contributed by atoms with E-state index in [0.717, 1.165) is 23.9 Å². The van der Waals surface area contributed by atoms with Crippen molar-refractivity contribution in [3.63, 3.8) is 0 Å². The van der Waals surface area contributed by atoms with Crippen LogP contribution in [0, 0.1) is 0 Å². The SMILES string of the molecule is CC(C)(C)OC(=O)NCCC1OCCc2ccc(Br)cc21. The van der Waals surface area contributed by atoms with Gasteiger partial charge >= 0.3 is 6.09 Å². The summed E-state index contributed by atoms with van der Waals surface area (Å²) in [6, 6.07) is 6.29. The third kappa shape index (κ3) is 5.00. The van der Waals surface area contributed by atoms with E-state index in [1.165, 1.54) is 11.1 Å². The average molecular weight is 356 g/mol. The number of nitrogens with one attached hydrogen (secondary N) is 1. The summed E-state index contributed by atoms with van der Waals surface area (Å²) in [6.07, 6.45) is 1.33. The van der Waals surface area contributed by atoms with E-state index in [1.807, 2.05) is 20.8 Å². The third-order valence-corrected chi connectivity index (χ3v) is 3.71. The number of alkyl carbamates (subject to hydrolysis) is 1. The van der Waals surface area contributed by atoms with E-state index in [2.05, 4.69) is 39.4 Å². The van der Waals surface area contributed by atoms with Crippen molar-refractivity contribution >= 4 is 22.0 Å². The first-order valence-electron chi connectivity index (χ1n) is 7.22. The Balaban J connectivity index is 1.88. The fourth-order valence-corrected chi connectivity index (χ4v) is 2.73. The first-order chi connectivity index (χ1) is 9.85. The van der Waals surface area contributed by atoms with Gasteiger partial charge in [-0.25, -0.2) is 4.79 Å². The first kappa shape index (κ1) is 16.3. The minimum atomic E-state index is -0.469. The van der Waals surface area contributed by atoms with Gasteiger partial charge in [0.1, 0.15) is 5.60 Å². The topological polar surface area (TPSA) is 47.6 Å². The van der Waals surface area contributed by atoms with Crippen LogP contribution in [-0.2, 0) is 15.9 Å². The van der Waals surface area contributed by atoms with Crippen LogP contribution in [0.3, 0.4) is 0 Å². The van der Waals surface area contributed by atoms with Gasteiger partial charge in [-0.2, -0.15) is 0 Å². The number of carbonyl (C=O) groups excluding carboxylic acids is 1. The van der Waals surface area contributed by atoms with Crippen molar-refractivity contribution in [3.05, 3.63) is 33.8 Å². The molecule has 5 heteroatoms. The predicted octanol–water partition coefficient (Wildman–Crippen LogP) is 3.98. The maximum absolute atomic E-state index is 11.6. The monoisotopic (exact) mass is 355 g/mol. The molecule has 1 heterocycles. The van der Waals surface area contributed by atoms with Crippen molar-refractivity contribution in [2.24, 2.45) is 0 Å². The van der Waals surface area contributed by atoms with Crippen molar-refractivity contribution in [1.29, 1.82) is 0 Å². The summed E-state index contributed by atoms with van der Waals surface area (Å²) in [5.74, 6) is 0. The van der Waals surface area contributed by atoms with Gasteiger partial charge in [-0.1, -0.05) is 22.0 Å². The maximum Gasteiger partial charge on any atom is 0.407 e. The van der Waals surface area contributed by atoms with Crippen LogP contribution < -0.4 is 5.32 Å². The van der Waals surface area contributed by atoms with Crippen LogP contribution in [0.4, 0.5) is 4.79 Å². The lowest BCUT2D eigenvalue weighted by Gasteiger charge is -2.26. The highest BCUT2D eigenvalue weighted by Gasteiger charge is 2.21. The van der Waals surface area contributed by atoms with Crippen LogP contribution in [0.15, 0.2) is 22.7 Å². The Morgan fingerprint density at radius 2 is 2.24 bits per heavy atom. The lowest BCUT2D eigenvalue weighted by atomic mass is 9.96. The summed E-state index contributed by atoms with van der Waals surface area (Å²) in [4.78, 5) is 11.6. The van der Waals surface area contributed by atoms with Crippen LogP contribution in [0.5, 0.6) is 0 Å². The maximum atomic E-state index is 11.6. The quantitative estimate of drug-likeness (QED) is 0.891. The van der Waals surface area contributed by atoms with Gasteiger partial charge in [0.05, 0.1) is 12.7 Å². The Kier molecular flexibility index (Phi) is 5.27. The van der Waals surface area contributed by atoms with E-state index in [-0.39, 0.29) is 12.2 Å². The zero-order valence-corrected chi connectivity index (χ0v) is 14.3. The van der Waals surface area contributed by atoms with E-state index < -0.39 is 5.60 Å². The minimum Gasteiger partial charge on any atom is -0.444 e. The van der Waals surface area contributed by atoms with Crippen LogP contribution >= 0.6 is 15.9 Å². The average Bonchev–Trinajstić information content (AvgIpc) is 2.37. The Labute approximate surface area is 134 Å². The highest BCUT2D eigenvalue weighted by molar-refractivity contribution is 9.10. The van der Waals surface area contributed by atoms with Crippen LogP contribution in [-0.4, -0.2) is 24.8 Å². The minimum absolute atomic E-state index is 0.0289. The molecule has 4 nitrogen and oxygen atoms in total. The summed E-state index contributed by atoms with van der Waals surface area (Å²) >= 11 is 3.50. The number of ether oxygens (including phenoxy) is 2. The molecule has 2 rings (SSSR count). The van der Waals surface area contributed by atoms with Gasteiger partial charge in [0.2, 0.25) is 0 Å². The molecule has 1 aromatic rings. The summed E-state index contributed by atoms with van der Waals surface area (Å²) in [6.45, 7) is 6.82. The highest BCUT2D eigenvalue weighted by atomic mass is 79.9. The molecule has 1 atom stereocenters. The lowest BCUT2D eigenvalue weighted by molar-refractivity contribution is 0.0329. The van der Waals surface area contributed by atoms with Crippen molar-refractivity contribution in [1.82, 2.24) is 5.32 Å². The Bertz CT molecular complexity index is 511. The van der Waals surface area contributed by atoms with Gasteiger partial charge in [-0.15, -0.1) is 0 Å². The zero-order chi connectivity index (χ0) is 15.5. The van der Waals surface area contributed by atoms with Gasteiger partial charge in [0.25, 0.3) is 0 Å². The van der Waals surface area contributed by atoms with Gasteiger partial charge in [-0.05, 0) is 56.9 Å². The largest absolute Gasteiger partial charge is 0.444 e. The fourth-order valence-electron chi connectivity index (χ4n) is 2.35. The molecule has 0 radical (unpaired) electrons. The molecule has 21 heavy (non-hydrogen) atoms. The van der Waals surface area contributed by atoms with Crippen molar-refractivity contribution < 1.29 is 14.3 Å². The molecule has 1 aliphatic rings. The van der Waals surface area contributed by atoms with Gasteiger partial charge < -0.3 is 14.8 Å². The molecule has 0 fully saturated rings. The standard InChI is InChI=1S/C16H22BrNO3/c1-16(2,3)21-15(19)18-8-6-14-13-10-12(17)5-4-11(13)7-9-20-14/h4-5,10,14H,6-9H2,1-3H3,(H,18,19). The molecular formula is C16H22BrNO3. The number of benzene rings is 1. The molecular weight excluding hydrogens is 334 g/mol. The van der Waals surface area contributed by atoms with Crippen molar-refractivity contribution in [3.8, 4) is 0 Å². The van der Waals surface area contributed by atoms with E-state index >= 15 is 0 Å². The second kappa shape index (κ2) is 6.79. The summed E-state index contributed by atoms with van der Waals surface area (Å²) in [5, 5.41) is 2.78. The predicted molar refractivity (Wildman–Crippen MR) is 85.4 cm³/mol. The summed E-state index contributed by atoms with van der Waals surface area (Å²) in [7, 11) is 0. The second-order valence-corrected chi connectivity index (χ2v) is 7.09. The Morgan fingerprint density at radius 1 is 1.48 bits per heavy atom. The number of hydrogen-bond donors (Lipinski definition) is 1. The number of amides is 1. The first-order valence-corrected chi connectivity index (χ1v) is 8.01. The molecule has 0 saturated carbocycles. The number of carbonyl (C=O) groups is 1. The molecule has 0 spiro atoms. The highest BCUT2D eigenvalue weighted by Crippen LogP contribution is 2.31. The zero-order valence-electron chi connectivity index (χ0n) is 12.7. The summed E-state index contributed by atoms with van der Waals surface area (Å²) < 4.78 is 12.1. The van der Waals surface area contributed by atoms with Crippen LogP contribution in [0.25, 0.3) is 0 Å². The Hall–Kier alpha value is -1.07. The van der Waals surface area contributed by atoms with Gasteiger partial charge in [0.15, 0.2) is 0 Å². The lowest BCUT2D eigenvalue weighted by Crippen LogP contribution is -2.33. The Morgan fingerprint density at radius 3 is 2.95 bits per heavy atom. The molecule has 0 aliphatic carbocycles. The smallest absolute Gasteiger partial charge is 0.407 e. The molecule has 0 aromatic heterocycles. The second-order valence-electron chi connectivity index (χ2n) is 6.17. The van der Waals surface area contributed by atoms with E-state index in [0.29, 0.717) is 6.54 Å². The van der Waals surface area contributed by atoms with E-state index in [4.69, 9.17) is 9.47 Å². The molecule has 1 amide bonds. The summed E-state index contributed by atoms with van der Waals surface area (Å²) in [5.41, 5.74) is 2.07. The number of halogens is 1. The fraction of sp³-hybridized carbons (Fsp3) is 0.562. The number of hydrogen-bond acceptors (Lipinski definition) is 3. The molecule has 1 aromatic carbocycles. The normalized spacial score (nSPS) is 18.0. The van der Waals surface area contributed by atoms with Crippen LogP contribution in [0.2, 0.25) is 0 Å². The number of rotatable bonds is 3. The molecule has 1 unspecified atom stereocenters. The van der Waals surface area contributed by atoms with Crippen molar-refractivity contribution in [2.75, 3.05) is 13.2 Å². The van der Waals surface area contributed by atoms with E-state index in [9.17, 15) is 4.79 Å². The molecule has 0 bridgehead atoms. The van der Waals surface area contributed by atoms with Crippen molar-refractivity contribution in [2.45, 2.75) is 45.3 Å². The van der Waals surface area contributed by atoms with Crippen LogP contribution in [0.1, 0.15) is 44.4 Å².